The minimum atomic E-state index is 0.304. The molecular weight excluding hydrogens is 192 g/mol. The lowest BCUT2D eigenvalue weighted by Crippen LogP contribution is -2.22. The molecule has 0 bridgehead atoms. The maximum absolute atomic E-state index is 10.8. The van der Waals surface area contributed by atoms with Crippen LogP contribution in [0.3, 0.4) is 0 Å². The van der Waals surface area contributed by atoms with Crippen LogP contribution in [0.2, 0.25) is 0 Å². The van der Waals surface area contributed by atoms with Crippen LogP contribution in [-0.2, 0) is 4.74 Å². The zero-order chi connectivity index (χ0) is 10.3. The van der Waals surface area contributed by atoms with E-state index in [0.717, 1.165) is 19.3 Å². The van der Waals surface area contributed by atoms with E-state index in [2.05, 4.69) is 4.98 Å². The van der Waals surface area contributed by atoms with Crippen LogP contribution >= 0.6 is 0 Å². The summed E-state index contributed by atoms with van der Waals surface area (Å²) in [6.07, 6.45) is 8.08. The molecule has 2 atom stereocenters. The van der Waals surface area contributed by atoms with Crippen molar-refractivity contribution >= 4 is 6.29 Å². The molecule has 15 heavy (non-hydrogen) atoms. The van der Waals surface area contributed by atoms with Gasteiger partial charge in [-0.3, -0.25) is 4.79 Å². The van der Waals surface area contributed by atoms with Crippen LogP contribution in [0, 0.1) is 5.92 Å². The number of rotatable bonds is 3. The summed E-state index contributed by atoms with van der Waals surface area (Å²) < 4.78 is 7.72. The Labute approximate surface area is 88.3 Å². The molecule has 4 heteroatoms. The molecular formula is C11H14N2O2. The molecule has 0 amide bonds. The third-order valence-corrected chi connectivity index (χ3v) is 3.36. The van der Waals surface area contributed by atoms with Gasteiger partial charge in [-0.05, 0) is 25.2 Å². The van der Waals surface area contributed by atoms with Gasteiger partial charge in [-0.15, -0.1) is 0 Å². The van der Waals surface area contributed by atoms with Crippen molar-refractivity contribution in [1.82, 2.24) is 9.55 Å². The standard InChI is InChI=1S/C11H14N2O2/c14-6-9-5-12-7-13(9)10-3-4-15-11(10)8-1-2-8/h5-8,10-11H,1-4H2. The monoisotopic (exact) mass is 206 g/mol. The van der Waals surface area contributed by atoms with E-state index in [9.17, 15) is 4.79 Å². The quantitative estimate of drug-likeness (QED) is 0.703. The molecule has 2 fully saturated rings. The number of nitrogens with zero attached hydrogens (tertiary/aromatic N) is 2. The summed E-state index contributed by atoms with van der Waals surface area (Å²) in [6.45, 7) is 0.808. The molecule has 1 saturated carbocycles. The number of aldehydes is 1. The molecule has 4 nitrogen and oxygen atoms in total. The SMILES string of the molecule is O=Cc1cncn1C1CCOC1C1CC1. The van der Waals surface area contributed by atoms with Gasteiger partial charge in [-0.1, -0.05) is 0 Å². The molecule has 0 radical (unpaired) electrons. The van der Waals surface area contributed by atoms with Crippen LogP contribution < -0.4 is 0 Å². The fourth-order valence-corrected chi connectivity index (χ4v) is 2.46. The minimum absolute atomic E-state index is 0.304. The highest BCUT2D eigenvalue weighted by Gasteiger charge is 2.41. The van der Waals surface area contributed by atoms with E-state index in [0.29, 0.717) is 23.8 Å². The Hall–Kier alpha value is -1.16. The van der Waals surface area contributed by atoms with E-state index < -0.39 is 0 Å². The average Bonchev–Trinajstić information content (AvgIpc) is 2.83. The van der Waals surface area contributed by atoms with Gasteiger partial charge in [0.15, 0.2) is 6.29 Å². The van der Waals surface area contributed by atoms with Crippen molar-refractivity contribution in [3.05, 3.63) is 18.2 Å². The van der Waals surface area contributed by atoms with Gasteiger partial charge >= 0.3 is 0 Å². The average molecular weight is 206 g/mol. The summed E-state index contributed by atoms with van der Waals surface area (Å²) in [7, 11) is 0. The summed E-state index contributed by atoms with van der Waals surface area (Å²) in [5.74, 6) is 0.708. The Morgan fingerprint density at radius 2 is 2.33 bits per heavy atom. The van der Waals surface area contributed by atoms with Crippen molar-refractivity contribution in [2.24, 2.45) is 5.92 Å². The van der Waals surface area contributed by atoms with Gasteiger partial charge < -0.3 is 9.30 Å². The normalized spacial score (nSPS) is 30.7. The third kappa shape index (κ3) is 1.49. The molecule has 3 rings (SSSR count). The topological polar surface area (TPSA) is 44.1 Å². The number of hydrogen-bond acceptors (Lipinski definition) is 3. The number of aromatic nitrogens is 2. The molecule has 1 aromatic rings. The van der Waals surface area contributed by atoms with Crippen molar-refractivity contribution < 1.29 is 9.53 Å². The zero-order valence-electron chi connectivity index (χ0n) is 8.50. The number of carbonyl (C=O) groups is 1. The Kier molecular flexibility index (Phi) is 2.09. The second kappa shape index (κ2) is 3.45. The first-order valence-corrected chi connectivity index (χ1v) is 5.49. The molecule has 1 aromatic heterocycles. The van der Waals surface area contributed by atoms with Crippen LogP contribution in [0.15, 0.2) is 12.5 Å². The molecule has 2 unspecified atom stereocenters. The molecule has 1 saturated heterocycles. The van der Waals surface area contributed by atoms with E-state index in [1.807, 2.05) is 4.57 Å². The number of imidazole rings is 1. The zero-order valence-corrected chi connectivity index (χ0v) is 8.50. The van der Waals surface area contributed by atoms with Crippen molar-refractivity contribution in [2.75, 3.05) is 6.61 Å². The molecule has 0 spiro atoms. The van der Waals surface area contributed by atoms with E-state index in [1.165, 1.54) is 12.8 Å². The van der Waals surface area contributed by atoms with E-state index in [4.69, 9.17) is 4.74 Å². The lowest BCUT2D eigenvalue weighted by molar-refractivity contribution is 0.0744. The smallest absolute Gasteiger partial charge is 0.168 e. The second-order valence-corrected chi connectivity index (χ2v) is 4.37. The largest absolute Gasteiger partial charge is 0.376 e. The Bertz CT molecular complexity index is 370. The van der Waals surface area contributed by atoms with Crippen LogP contribution in [0.5, 0.6) is 0 Å². The molecule has 80 valence electrons. The van der Waals surface area contributed by atoms with Gasteiger partial charge in [-0.25, -0.2) is 4.98 Å². The molecule has 2 aliphatic rings. The Morgan fingerprint density at radius 1 is 1.47 bits per heavy atom. The van der Waals surface area contributed by atoms with Crippen molar-refractivity contribution in [3.8, 4) is 0 Å². The summed E-state index contributed by atoms with van der Waals surface area (Å²) >= 11 is 0. The van der Waals surface area contributed by atoms with Gasteiger partial charge in [0.25, 0.3) is 0 Å². The number of ether oxygens (including phenoxy) is 1. The second-order valence-electron chi connectivity index (χ2n) is 4.37. The first-order valence-electron chi connectivity index (χ1n) is 5.49. The molecule has 1 aliphatic heterocycles. The van der Waals surface area contributed by atoms with Crippen LogP contribution in [0.1, 0.15) is 35.8 Å². The molecule has 1 aliphatic carbocycles. The summed E-state index contributed by atoms with van der Waals surface area (Å²) in [5.41, 5.74) is 0.663. The first-order chi connectivity index (χ1) is 7.40. The highest BCUT2D eigenvalue weighted by Crippen LogP contribution is 2.43. The maximum atomic E-state index is 10.8. The third-order valence-electron chi connectivity index (χ3n) is 3.36. The van der Waals surface area contributed by atoms with Gasteiger partial charge in [0.05, 0.1) is 24.7 Å². The van der Waals surface area contributed by atoms with E-state index in [-0.39, 0.29) is 0 Å². The lowest BCUT2D eigenvalue weighted by Gasteiger charge is -2.20. The lowest BCUT2D eigenvalue weighted by atomic mass is 10.1. The van der Waals surface area contributed by atoms with Gasteiger partial charge in [0.1, 0.15) is 5.69 Å². The summed E-state index contributed by atoms with van der Waals surface area (Å²) in [6, 6.07) is 0.320. The van der Waals surface area contributed by atoms with Gasteiger partial charge in [0, 0.05) is 6.61 Å². The summed E-state index contributed by atoms with van der Waals surface area (Å²) in [4.78, 5) is 14.9. The first kappa shape index (κ1) is 9.09. The van der Waals surface area contributed by atoms with Crippen molar-refractivity contribution in [1.29, 1.82) is 0 Å². The molecule has 2 heterocycles. The van der Waals surface area contributed by atoms with Crippen molar-refractivity contribution in [3.63, 3.8) is 0 Å². The van der Waals surface area contributed by atoms with Gasteiger partial charge in [0.2, 0.25) is 0 Å². The minimum Gasteiger partial charge on any atom is -0.376 e. The fraction of sp³-hybridized carbons (Fsp3) is 0.636. The molecule has 0 N–H and O–H groups in total. The highest BCUT2D eigenvalue weighted by atomic mass is 16.5. The van der Waals surface area contributed by atoms with E-state index in [1.54, 1.807) is 12.5 Å². The van der Waals surface area contributed by atoms with Crippen LogP contribution in [0.25, 0.3) is 0 Å². The highest BCUT2D eigenvalue weighted by molar-refractivity contribution is 5.71. The number of carbonyl (C=O) groups excluding carboxylic acids is 1. The maximum Gasteiger partial charge on any atom is 0.168 e. The van der Waals surface area contributed by atoms with E-state index >= 15 is 0 Å². The molecule has 0 aromatic carbocycles. The van der Waals surface area contributed by atoms with Crippen molar-refractivity contribution in [2.45, 2.75) is 31.4 Å². The van der Waals surface area contributed by atoms with Crippen LogP contribution in [0.4, 0.5) is 0 Å². The summed E-state index contributed by atoms with van der Waals surface area (Å²) in [5, 5.41) is 0. The predicted molar refractivity (Wildman–Crippen MR) is 53.7 cm³/mol. The predicted octanol–water partition coefficient (Wildman–Crippen LogP) is 1.44. The van der Waals surface area contributed by atoms with Crippen LogP contribution in [-0.4, -0.2) is 28.5 Å². The Balaban J connectivity index is 1.88. The Morgan fingerprint density at radius 3 is 3.07 bits per heavy atom. The van der Waals surface area contributed by atoms with Gasteiger partial charge in [-0.2, -0.15) is 0 Å². The fourth-order valence-electron chi connectivity index (χ4n) is 2.46. The number of hydrogen-bond donors (Lipinski definition) is 0.